The van der Waals surface area contributed by atoms with Gasteiger partial charge in [0.2, 0.25) is 0 Å². The lowest BCUT2D eigenvalue weighted by molar-refractivity contribution is -0.105. The highest BCUT2D eigenvalue weighted by Crippen LogP contribution is 2.70. The van der Waals surface area contributed by atoms with Gasteiger partial charge < -0.3 is 0 Å². The van der Waals surface area contributed by atoms with E-state index in [0.29, 0.717) is 16.7 Å². The van der Waals surface area contributed by atoms with Crippen molar-refractivity contribution in [1.82, 2.24) is 0 Å². The minimum Gasteiger partial charge on any atom is -0.298 e. The zero-order valence-electron chi connectivity index (χ0n) is 10.6. The molecule has 0 heterocycles. The predicted octanol–water partition coefficient (Wildman–Crippen LogP) is 3.59. The van der Waals surface area contributed by atoms with Crippen LogP contribution in [0.25, 0.3) is 0 Å². The lowest BCUT2D eigenvalue weighted by Gasteiger charge is -2.36. The molecule has 2 bridgehead atoms. The maximum absolute atomic E-state index is 11.2. The Morgan fingerprint density at radius 3 is 2.81 bits per heavy atom. The molecule has 1 nitrogen and oxygen atoms in total. The highest BCUT2D eigenvalue weighted by atomic mass is 16.1. The molecule has 2 fully saturated rings. The van der Waals surface area contributed by atoms with E-state index in [4.69, 9.17) is 0 Å². The lowest BCUT2D eigenvalue weighted by atomic mass is 9.68. The van der Waals surface area contributed by atoms with Crippen LogP contribution in [0.1, 0.15) is 46.5 Å². The summed E-state index contributed by atoms with van der Waals surface area (Å²) in [6.45, 7) is 7.22. The van der Waals surface area contributed by atoms with E-state index < -0.39 is 0 Å². The van der Waals surface area contributed by atoms with Crippen molar-refractivity contribution in [1.29, 1.82) is 0 Å². The summed E-state index contributed by atoms with van der Waals surface area (Å²) < 4.78 is 0. The van der Waals surface area contributed by atoms with Crippen molar-refractivity contribution in [3.05, 3.63) is 11.6 Å². The van der Waals surface area contributed by atoms with E-state index in [2.05, 4.69) is 26.8 Å². The third-order valence-corrected chi connectivity index (χ3v) is 6.20. The Hall–Kier alpha value is -0.590. The van der Waals surface area contributed by atoms with Gasteiger partial charge in [0.1, 0.15) is 6.29 Å². The molecular formula is C15H22O. The Kier molecular flexibility index (Phi) is 1.98. The van der Waals surface area contributed by atoms with E-state index in [-0.39, 0.29) is 0 Å². The first-order valence-electron chi connectivity index (χ1n) is 6.67. The molecule has 0 saturated heterocycles. The van der Waals surface area contributed by atoms with Crippen molar-refractivity contribution >= 4 is 6.29 Å². The predicted molar refractivity (Wildman–Crippen MR) is 65.0 cm³/mol. The second-order valence-electron chi connectivity index (χ2n) is 6.87. The molecule has 3 aliphatic carbocycles. The number of carbonyl (C=O) groups excluding carboxylic acids is 1. The van der Waals surface area contributed by atoms with Crippen molar-refractivity contribution in [3.8, 4) is 0 Å². The van der Waals surface area contributed by atoms with Gasteiger partial charge in [-0.3, -0.25) is 4.79 Å². The highest BCUT2D eigenvalue weighted by molar-refractivity contribution is 5.75. The van der Waals surface area contributed by atoms with Crippen LogP contribution >= 0.6 is 0 Å². The Morgan fingerprint density at radius 1 is 1.38 bits per heavy atom. The lowest BCUT2D eigenvalue weighted by Crippen LogP contribution is -2.30. The monoisotopic (exact) mass is 218 g/mol. The number of rotatable bonds is 1. The molecule has 0 N–H and O–H groups in total. The van der Waals surface area contributed by atoms with Gasteiger partial charge in [-0.2, -0.15) is 0 Å². The first kappa shape index (κ1) is 10.6. The first-order valence-corrected chi connectivity index (χ1v) is 6.67. The smallest absolute Gasteiger partial charge is 0.146 e. The Bertz CT molecular complexity index is 366. The molecule has 2 saturated carbocycles. The summed E-state index contributed by atoms with van der Waals surface area (Å²) >= 11 is 0. The van der Waals surface area contributed by atoms with Crippen LogP contribution in [0.2, 0.25) is 0 Å². The fraction of sp³-hybridized carbons (Fsp3) is 0.800. The second kappa shape index (κ2) is 3.00. The van der Waals surface area contributed by atoms with Crippen LogP contribution in [0.3, 0.4) is 0 Å². The fourth-order valence-electron chi connectivity index (χ4n) is 5.23. The van der Waals surface area contributed by atoms with E-state index in [1.54, 1.807) is 0 Å². The van der Waals surface area contributed by atoms with E-state index >= 15 is 0 Å². The van der Waals surface area contributed by atoms with E-state index in [1.807, 2.05) is 0 Å². The molecule has 0 aromatic rings. The van der Waals surface area contributed by atoms with E-state index in [1.165, 1.54) is 19.3 Å². The molecule has 0 radical (unpaired) electrons. The molecule has 1 spiro atoms. The van der Waals surface area contributed by atoms with Crippen LogP contribution in [0.4, 0.5) is 0 Å². The maximum Gasteiger partial charge on any atom is 0.146 e. The summed E-state index contributed by atoms with van der Waals surface area (Å²) in [4.78, 5) is 11.2. The molecule has 88 valence electrons. The van der Waals surface area contributed by atoms with Crippen molar-refractivity contribution in [3.63, 3.8) is 0 Å². The molecule has 3 rings (SSSR count). The standard InChI is InChI=1S/C15H22O/c1-10-4-5-13-14(2,3)12-8-15(10,13)7-6-11(12)9-16/h6,9-10,12-13H,4-5,7-8H2,1-3H3/t10-,12+,13?,15+/m1/s1. The molecule has 0 aromatic heterocycles. The summed E-state index contributed by atoms with van der Waals surface area (Å²) in [6, 6.07) is 0. The van der Waals surface area contributed by atoms with Crippen LogP contribution < -0.4 is 0 Å². The maximum atomic E-state index is 11.2. The molecule has 0 aliphatic heterocycles. The zero-order valence-corrected chi connectivity index (χ0v) is 10.6. The molecule has 3 aliphatic rings. The molecule has 1 unspecified atom stereocenters. The normalized spacial score (nSPS) is 48.7. The van der Waals surface area contributed by atoms with Gasteiger partial charge >= 0.3 is 0 Å². The number of hydrogen-bond acceptors (Lipinski definition) is 1. The Balaban J connectivity index is 2.10. The summed E-state index contributed by atoms with van der Waals surface area (Å²) in [7, 11) is 0. The minimum atomic E-state index is 0.341. The number of allylic oxidation sites excluding steroid dienone is 2. The van der Waals surface area contributed by atoms with Crippen LogP contribution in [0.5, 0.6) is 0 Å². The zero-order chi connectivity index (χ0) is 11.6. The summed E-state index contributed by atoms with van der Waals surface area (Å²) in [6.07, 6.45) is 8.58. The van der Waals surface area contributed by atoms with Gasteiger partial charge in [0, 0.05) is 0 Å². The molecule has 0 aromatic carbocycles. The van der Waals surface area contributed by atoms with Crippen LogP contribution in [0, 0.1) is 28.6 Å². The van der Waals surface area contributed by atoms with Crippen molar-refractivity contribution < 1.29 is 4.79 Å². The van der Waals surface area contributed by atoms with Gasteiger partial charge in [0.05, 0.1) is 0 Å². The number of fused-ring (bicyclic) bond motifs is 1. The topological polar surface area (TPSA) is 17.1 Å². The van der Waals surface area contributed by atoms with Gasteiger partial charge in [-0.1, -0.05) is 26.8 Å². The largest absolute Gasteiger partial charge is 0.298 e. The van der Waals surface area contributed by atoms with Crippen LogP contribution in [-0.4, -0.2) is 6.29 Å². The van der Waals surface area contributed by atoms with Crippen LogP contribution in [-0.2, 0) is 4.79 Å². The van der Waals surface area contributed by atoms with Crippen molar-refractivity contribution in [2.45, 2.75) is 46.5 Å². The Morgan fingerprint density at radius 2 is 2.12 bits per heavy atom. The average Bonchev–Trinajstić information content (AvgIpc) is 2.65. The van der Waals surface area contributed by atoms with E-state index in [9.17, 15) is 4.79 Å². The molecular weight excluding hydrogens is 196 g/mol. The summed E-state index contributed by atoms with van der Waals surface area (Å²) in [5.41, 5.74) is 1.98. The van der Waals surface area contributed by atoms with E-state index in [0.717, 1.165) is 30.1 Å². The number of hydrogen-bond donors (Lipinski definition) is 0. The molecule has 0 amide bonds. The van der Waals surface area contributed by atoms with Gasteiger partial charge in [-0.25, -0.2) is 0 Å². The van der Waals surface area contributed by atoms with Crippen molar-refractivity contribution in [2.24, 2.45) is 28.6 Å². The first-order chi connectivity index (χ1) is 7.52. The highest BCUT2D eigenvalue weighted by Gasteiger charge is 2.63. The van der Waals surface area contributed by atoms with Crippen molar-refractivity contribution in [2.75, 3.05) is 0 Å². The Labute approximate surface area is 98.3 Å². The average molecular weight is 218 g/mol. The van der Waals surface area contributed by atoms with Gasteiger partial charge in [0.15, 0.2) is 0 Å². The summed E-state index contributed by atoms with van der Waals surface area (Å²) in [5.74, 6) is 2.23. The third kappa shape index (κ3) is 1.00. The molecule has 16 heavy (non-hydrogen) atoms. The SMILES string of the molecule is C[C@@H]1CCC2C(C)(C)[C@H]3C[C@]21CC=C3C=O. The van der Waals surface area contributed by atoms with Gasteiger partial charge in [-0.05, 0) is 59.8 Å². The van der Waals surface area contributed by atoms with Crippen LogP contribution in [0.15, 0.2) is 11.6 Å². The minimum absolute atomic E-state index is 0.341. The quantitative estimate of drug-likeness (QED) is 0.615. The summed E-state index contributed by atoms with van der Waals surface area (Å²) in [5, 5.41) is 0. The van der Waals surface area contributed by atoms with Gasteiger partial charge in [0.25, 0.3) is 0 Å². The second-order valence-corrected chi connectivity index (χ2v) is 6.87. The third-order valence-electron chi connectivity index (χ3n) is 6.20. The molecule has 4 atom stereocenters. The van der Waals surface area contributed by atoms with Gasteiger partial charge in [-0.15, -0.1) is 0 Å². The number of aldehydes is 1. The molecule has 1 heteroatoms. The number of carbonyl (C=O) groups is 1. The fourth-order valence-corrected chi connectivity index (χ4v) is 5.23.